The fraction of sp³-hybridized carbons (Fsp3) is 0.375. The minimum absolute atomic E-state index is 0.0110. The first-order chi connectivity index (χ1) is 12.3. The molecular formula is C16H19ClN6O3. The van der Waals surface area contributed by atoms with Crippen molar-refractivity contribution in [1.29, 1.82) is 0 Å². The van der Waals surface area contributed by atoms with Crippen molar-refractivity contribution in [2.24, 2.45) is 0 Å². The van der Waals surface area contributed by atoms with E-state index in [4.69, 9.17) is 22.1 Å². The molecule has 1 saturated heterocycles. The van der Waals surface area contributed by atoms with Gasteiger partial charge < -0.3 is 20.7 Å². The van der Waals surface area contributed by atoms with Crippen molar-refractivity contribution in [1.82, 2.24) is 9.97 Å². The van der Waals surface area contributed by atoms with Gasteiger partial charge in [0.15, 0.2) is 0 Å². The highest BCUT2D eigenvalue weighted by molar-refractivity contribution is 6.30. The van der Waals surface area contributed by atoms with Gasteiger partial charge >= 0.3 is 5.69 Å². The summed E-state index contributed by atoms with van der Waals surface area (Å²) in [7, 11) is 0. The molecule has 9 nitrogen and oxygen atoms in total. The van der Waals surface area contributed by atoms with Gasteiger partial charge in [-0.05, 0) is 32.0 Å². The van der Waals surface area contributed by atoms with E-state index in [2.05, 4.69) is 15.3 Å². The van der Waals surface area contributed by atoms with Crippen LogP contribution < -0.4 is 16.0 Å². The second-order valence-corrected chi connectivity index (χ2v) is 6.60. The molecule has 1 aromatic heterocycles. The number of aromatic nitrogens is 2. The Hall–Kier alpha value is -2.65. The van der Waals surface area contributed by atoms with Crippen molar-refractivity contribution in [3.05, 3.63) is 39.4 Å². The average Bonchev–Trinajstić information content (AvgIpc) is 2.53. The van der Waals surface area contributed by atoms with Gasteiger partial charge in [0, 0.05) is 23.8 Å². The minimum Gasteiger partial charge on any atom is -0.378 e. The quantitative estimate of drug-likeness (QED) is 0.615. The summed E-state index contributed by atoms with van der Waals surface area (Å²) >= 11 is 5.98. The Bertz CT molecular complexity index is 824. The molecule has 0 radical (unpaired) electrons. The number of nitrogens with two attached hydrogens (primary N) is 1. The predicted octanol–water partition coefficient (Wildman–Crippen LogP) is 2.98. The Morgan fingerprint density at radius 3 is 2.65 bits per heavy atom. The van der Waals surface area contributed by atoms with Crippen LogP contribution in [0.5, 0.6) is 0 Å². The van der Waals surface area contributed by atoms with Crippen LogP contribution in [0.15, 0.2) is 24.3 Å². The molecule has 26 heavy (non-hydrogen) atoms. The SMILES string of the molecule is C[C@@H]1CN(c2nc(N)c([N+](=O)[O-])c(Nc3cccc(Cl)c3)n2)C[C@@H](C)O1. The van der Waals surface area contributed by atoms with Crippen LogP contribution in [0.25, 0.3) is 0 Å². The van der Waals surface area contributed by atoms with Gasteiger partial charge in [-0.1, -0.05) is 17.7 Å². The smallest absolute Gasteiger partial charge is 0.353 e. The summed E-state index contributed by atoms with van der Waals surface area (Å²) < 4.78 is 5.70. The number of benzene rings is 1. The van der Waals surface area contributed by atoms with Crippen molar-refractivity contribution in [2.45, 2.75) is 26.1 Å². The van der Waals surface area contributed by atoms with E-state index in [1.807, 2.05) is 18.7 Å². The number of hydrogen-bond donors (Lipinski definition) is 2. The number of ether oxygens (including phenoxy) is 1. The minimum atomic E-state index is -0.601. The van der Waals surface area contributed by atoms with Crippen LogP contribution in [-0.4, -0.2) is 40.2 Å². The summed E-state index contributed by atoms with van der Waals surface area (Å²) in [5.74, 6) is 0.141. The fourth-order valence-electron chi connectivity index (χ4n) is 2.91. The molecule has 0 amide bonds. The van der Waals surface area contributed by atoms with E-state index in [1.165, 1.54) is 0 Å². The first-order valence-corrected chi connectivity index (χ1v) is 8.46. The number of nitrogens with one attached hydrogen (secondary N) is 1. The lowest BCUT2D eigenvalue weighted by Crippen LogP contribution is -2.46. The highest BCUT2D eigenvalue weighted by atomic mass is 35.5. The molecule has 1 aromatic carbocycles. The van der Waals surface area contributed by atoms with Crippen LogP contribution in [0.3, 0.4) is 0 Å². The van der Waals surface area contributed by atoms with Gasteiger partial charge in [0.1, 0.15) is 0 Å². The summed E-state index contributed by atoms with van der Waals surface area (Å²) in [6.45, 7) is 5.03. The number of anilines is 4. The van der Waals surface area contributed by atoms with Gasteiger partial charge in [-0.2, -0.15) is 9.97 Å². The van der Waals surface area contributed by atoms with Gasteiger partial charge in [-0.15, -0.1) is 0 Å². The van der Waals surface area contributed by atoms with Crippen LogP contribution >= 0.6 is 11.6 Å². The molecule has 2 heterocycles. The first-order valence-electron chi connectivity index (χ1n) is 8.08. The van der Waals surface area contributed by atoms with E-state index in [0.29, 0.717) is 29.7 Å². The van der Waals surface area contributed by atoms with Crippen LogP contribution in [0, 0.1) is 10.1 Å². The van der Waals surface area contributed by atoms with Gasteiger partial charge in [0.2, 0.25) is 17.6 Å². The number of morpholine rings is 1. The molecule has 2 aromatic rings. The normalized spacial score (nSPS) is 20.0. The standard InChI is InChI=1S/C16H19ClN6O3/c1-9-7-22(8-10(2)26-9)16-20-14(18)13(23(24)25)15(21-16)19-12-5-3-4-11(17)6-12/h3-6,9-10H,7-8H2,1-2H3,(H3,18,19,20,21)/t9-,10-/m1/s1. The van der Waals surface area contributed by atoms with E-state index >= 15 is 0 Å². The zero-order chi connectivity index (χ0) is 18.8. The van der Waals surface area contributed by atoms with Crippen LogP contribution in [0.4, 0.5) is 29.0 Å². The fourth-order valence-corrected chi connectivity index (χ4v) is 3.10. The molecule has 1 fully saturated rings. The highest BCUT2D eigenvalue weighted by Gasteiger charge is 2.29. The number of nitro groups is 1. The molecule has 1 aliphatic rings. The van der Waals surface area contributed by atoms with Crippen molar-refractivity contribution >= 4 is 40.6 Å². The van der Waals surface area contributed by atoms with E-state index in [1.54, 1.807) is 24.3 Å². The van der Waals surface area contributed by atoms with Crippen LogP contribution in [0.1, 0.15) is 13.8 Å². The summed E-state index contributed by atoms with van der Waals surface area (Å²) in [5.41, 5.74) is 6.06. The maximum absolute atomic E-state index is 11.4. The second-order valence-electron chi connectivity index (χ2n) is 6.16. The Balaban J connectivity index is 2.00. The highest BCUT2D eigenvalue weighted by Crippen LogP contribution is 2.33. The summed E-state index contributed by atoms with van der Waals surface area (Å²) in [5, 5.41) is 14.9. The third kappa shape index (κ3) is 3.94. The van der Waals surface area contributed by atoms with Crippen LogP contribution in [0.2, 0.25) is 5.02 Å². The Kier molecular flexibility index (Phi) is 5.10. The molecule has 1 aliphatic heterocycles. The van der Waals surface area contributed by atoms with Gasteiger partial charge in [0.05, 0.1) is 17.1 Å². The number of halogens is 1. The van der Waals surface area contributed by atoms with Crippen molar-refractivity contribution in [3.8, 4) is 0 Å². The number of hydrogen-bond acceptors (Lipinski definition) is 8. The number of nitrogen functional groups attached to an aromatic ring is 1. The lowest BCUT2D eigenvalue weighted by Gasteiger charge is -2.35. The topological polar surface area (TPSA) is 119 Å². The van der Waals surface area contributed by atoms with E-state index in [-0.39, 0.29) is 29.5 Å². The molecule has 0 spiro atoms. The summed E-state index contributed by atoms with van der Waals surface area (Å²) in [6, 6.07) is 6.80. The first kappa shape index (κ1) is 18.2. The predicted molar refractivity (Wildman–Crippen MR) is 100 cm³/mol. The zero-order valence-electron chi connectivity index (χ0n) is 14.3. The maximum atomic E-state index is 11.4. The van der Waals surface area contributed by atoms with Gasteiger partial charge in [-0.25, -0.2) is 0 Å². The van der Waals surface area contributed by atoms with E-state index in [9.17, 15) is 10.1 Å². The Morgan fingerprint density at radius 2 is 2.04 bits per heavy atom. The lowest BCUT2D eigenvalue weighted by molar-refractivity contribution is -0.383. The molecule has 0 unspecified atom stereocenters. The molecule has 0 saturated carbocycles. The van der Waals surface area contributed by atoms with Crippen molar-refractivity contribution in [2.75, 3.05) is 29.0 Å². The number of nitrogens with zero attached hydrogens (tertiary/aromatic N) is 4. The molecular weight excluding hydrogens is 360 g/mol. The molecule has 138 valence electrons. The zero-order valence-corrected chi connectivity index (χ0v) is 15.1. The molecule has 0 bridgehead atoms. The third-order valence-electron chi connectivity index (χ3n) is 3.87. The van der Waals surface area contributed by atoms with E-state index in [0.717, 1.165) is 0 Å². The molecule has 3 rings (SSSR count). The summed E-state index contributed by atoms with van der Waals surface area (Å²) in [6.07, 6.45) is -0.0220. The second kappa shape index (κ2) is 7.30. The average molecular weight is 379 g/mol. The summed E-state index contributed by atoms with van der Waals surface area (Å²) in [4.78, 5) is 21.2. The van der Waals surface area contributed by atoms with Crippen LogP contribution in [-0.2, 0) is 4.74 Å². The molecule has 3 N–H and O–H groups in total. The van der Waals surface area contributed by atoms with Gasteiger partial charge in [-0.3, -0.25) is 10.1 Å². The Morgan fingerprint density at radius 1 is 1.35 bits per heavy atom. The van der Waals surface area contributed by atoms with Crippen molar-refractivity contribution < 1.29 is 9.66 Å². The van der Waals surface area contributed by atoms with Gasteiger partial charge in [0.25, 0.3) is 0 Å². The monoisotopic (exact) mass is 378 g/mol. The van der Waals surface area contributed by atoms with E-state index < -0.39 is 4.92 Å². The molecule has 10 heteroatoms. The largest absolute Gasteiger partial charge is 0.378 e. The number of rotatable bonds is 4. The Labute approximate surface area is 155 Å². The lowest BCUT2D eigenvalue weighted by atomic mass is 10.2. The maximum Gasteiger partial charge on any atom is 0.353 e. The molecule has 0 aliphatic carbocycles. The molecule has 2 atom stereocenters. The van der Waals surface area contributed by atoms with Crippen molar-refractivity contribution in [3.63, 3.8) is 0 Å². The third-order valence-corrected chi connectivity index (χ3v) is 4.11.